The summed E-state index contributed by atoms with van der Waals surface area (Å²) in [7, 11) is 1.92. The molecule has 0 bridgehead atoms. The van der Waals surface area contributed by atoms with Gasteiger partial charge in [-0.15, -0.1) is 0 Å². The van der Waals surface area contributed by atoms with E-state index in [1.807, 2.05) is 49.5 Å². The standard InChI is InChI=1S/C16H18BrNO2/c1-18-12-13-4-2-3-5-16(13)20-11-10-19-15-8-6-14(17)7-9-15/h2-9,18H,10-12H2,1H3. The van der Waals surface area contributed by atoms with Gasteiger partial charge in [0.15, 0.2) is 0 Å². The summed E-state index contributed by atoms with van der Waals surface area (Å²) in [6.45, 7) is 1.84. The molecule has 0 aliphatic heterocycles. The number of hydrogen-bond donors (Lipinski definition) is 1. The molecular formula is C16H18BrNO2. The number of ether oxygens (including phenoxy) is 2. The van der Waals surface area contributed by atoms with Crippen molar-refractivity contribution in [3.8, 4) is 11.5 Å². The Morgan fingerprint density at radius 2 is 1.65 bits per heavy atom. The molecule has 2 aromatic carbocycles. The van der Waals surface area contributed by atoms with Crippen LogP contribution < -0.4 is 14.8 Å². The number of rotatable bonds is 7. The molecule has 0 fully saturated rings. The van der Waals surface area contributed by atoms with E-state index in [-0.39, 0.29) is 0 Å². The van der Waals surface area contributed by atoms with E-state index in [0.29, 0.717) is 13.2 Å². The second kappa shape index (κ2) is 7.92. The van der Waals surface area contributed by atoms with Crippen LogP contribution in [0.1, 0.15) is 5.56 Å². The van der Waals surface area contributed by atoms with Gasteiger partial charge in [-0.05, 0) is 37.4 Å². The average Bonchev–Trinajstić information content (AvgIpc) is 2.47. The van der Waals surface area contributed by atoms with Crippen LogP contribution in [0.5, 0.6) is 11.5 Å². The van der Waals surface area contributed by atoms with E-state index in [9.17, 15) is 0 Å². The summed E-state index contributed by atoms with van der Waals surface area (Å²) in [4.78, 5) is 0. The molecule has 0 aromatic heterocycles. The molecule has 2 rings (SSSR count). The highest BCUT2D eigenvalue weighted by Crippen LogP contribution is 2.18. The number of para-hydroxylation sites is 1. The molecule has 0 unspecified atom stereocenters. The maximum atomic E-state index is 5.76. The Labute approximate surface area is 128 Å². The first-order valence-corrected chi connectivity index (χ1v) is 7.32. The molecule has 1 N–H and O–H groups in total. The second-order valence-corrected chi connectivity index (χ2v) is 5.20. The van der Waals surface area contributed by atoms with Gasteiger partial charge in [-0.3, -0.25) is 0 Å². The Hall–Kier alpha value is -1.52. The van der Waals surface area contributed by atoms with E-state index in [2.05, 4.69) is 27.3 Å². The number of nitrogens with one attached hydrogen (secondary N) is 1. The predicted molar refractivity (Wildman–Crippen MR) is 84.3 cm³/mol. The predicted octanol–water partition coefficient (Wildman–Crippen LogP) is 3.63. The van der Waals surface area contributed by atoms with Crippen molar-refractivity contribution in [2.24, 2.45) is 0 Å². The summed E-state index contributed by atoms with van der Waals surface area (Å²) in [6.07, 6.45) is 0. The molecule has 0 aliphatic rings. The number of benzene rings is 2. The van der Waals surface area contributed by atoms with Crippen LogP contribution in [-0.2, 0) is 6.54 Å². The molecule has 3 nitrogen and oxygen atoms in total. The SMILES string of the molecule is CNCc1ccccc1OCCOc1ccc(Br)cc1. The average molecular weight is 336 g/mol. The summed E-state index contributed by atoms with van der Waals surface area (Å²) >= 11 is 3.39. The maximum absolute atomic E-state index is 5.76. The second-order valence-electron chi connectivity index (χ2n) is 4.29. The lowest BCUT2D eigenvalue weighted by atomic mass is 10.2. The van der Waals surface area contributed by atoms with Crippen LogP contribution in [-0.4, -0.2) is 20.3 Å². The zero-order valence-electron chi connectivity index (χ0n) is 11.4. The van der Waals surface area contributed by atoms with Crippen LogP contribution in [0.2, 0.25) is 0 Å². The smallest absolute Gasteiger partial charge is 0.123 e. The highest BCUT2D eigenvalue weighted by molar-refractivity contribution is 9.10. The lowest BCUT2D eigenvalue weighted by Gasteiger charge is -2.12. The summed E-state index contributed by atoms with van der Waals surface area (Å²) in [5, 5.41) is 3.13. The van der Waals surface area contributed by atoms with Gasteiger partial charge in [-0.2, -0.15) is 0 Å². The fourth-order valence-electron chi connectivity index (χ4n) is 1.82. The van der Waals surface area contributed by atoms with Crippen molar-refractivity contribution in [1.82, 2.24) is 5.32 Å². The molecule has 20 heavy (non-hydrogen) atoms. The monoisotopic (exact) mass is 335 g/mol. The Morgan fingerprint density at radius 3 is 2.40 bits per heavy atom. The van der Waals surface area contributed by atoms with Crippen LogP contribution in [0.3, 0.4) is 0 Å². The Morgan fingerprint density at radius 1 is 0.950 bits per heavy atom. The van der Waals surface area contributed by atoms with Crippen molar-refractivity contribution in [3.63, 3.8) is 0 Å². The minimum atomic E-state index is 0.523. The van der Waals surface area contributed by atoms with Crippen molar-refractivity contribution in [2.75, 3.05) is 20.3 Å². The first-order valence-electron chi connectivity index (χ1n) is 6.53. The van der Waals surface area contributed by atoms with E-state index in [0.717, 1.165) is 28.1 Å². The zero-order valence-corrected chi connectivity index (χ0v) is 13.0. The molecular weight excluding hydrogens is 318 g/mol. The van der Waals surface area contributed by atoms with Crippen LogP contribution in [0.15, 0.2) is 53.0 Å². The van der Waals surface area contributed by atoms with Crippen LogP contribution in [0.25, 0.3) is 0 Å². The van der Waals surface area contributed by atoms with Crippen LogP contribution in [0, 0.1) is 0 Å². The minimum Gasteiger partial charge on any atom is -0.490 e. The van der Waals surface area contributed by atoms with Crippen molar-refractivity contribution >= 4 is 15.9 Å². The quantitative estimate of drug-likeness (QED) is 0.784. The zero-order chi connectivity index (χ0) is 14.2. The largest absolute Gasteiger partial charge is 0.490 e. The van der Waals surface area contributed by atoms with Gasteiger partial charge in [0.1, 0.15) is 24.7 Å². The number of hydrogen-bond acceptors (Lipinski definition) is 3. The lowest BCUT2D eigenvalue weighted by Crippen LogP contribution is -2.12. The summed E-state index contributed by atoms with van der Waals surface area (Å²) in [5.74, 6) is 1.75. The van der Waals surface area contributed by atoms with E-state index in [1.54, 1.807) is 0 Å². The Bertz CT molecular complexity index is 528. The molecule has 0 heterocycles. The molecule has 0 amide bonds. The molecule has 0 saturated carbocycles. The van der Waals surface area contributed by atoms with Gasteiger partial charge in [0.2, 0.25) is 0 Å². The van der Waals surface area contributed by atoms with E-state index in [1.165, 1.54) is 0 Å². The van der Waals surface area contributed by atoms with Crippen molar-refractivity contribution in [1.29, 1.82) is 0 Å². The molecule has 0 saturated heterocycles. The van der Waals surface area contributed by atoms with Crippen molar-refractivity contribution in [2.45, 2.75) is 6.54 Å². The minimum absolute atomic E-state index is 0.523. The van der Waals surface area contributed by atoms with Gasteiger partial charge in [0.05, 0.1) is 0 Å². The lowest BCUT2D eigenvalue weighted by molar-refractivity contribution is 0.215. The normalized spacial score (nSPS) is 10.3. The van der Waals surface area contributed by atoms with Gasteiger partial charge in [0.25, 0.3) is 0 Å². The van der Waals surface area contributed by atoms with Gasteiger partial charge < -0.3 is 14.8 Å². The van der Waals surface area contributed by atoms with Crippen LogP contribution >= 0.6 is 15.9 Å². The third-order valence-corrected chi connectivity index (χ3v) is 3.29. The van der Waals surface area contributed by atoms with E-state index in [4.69, 9.17) is 9.47 Å². The van der Waals surface area contributed by atoms with Gasteiger partial charge >= 0.3 is 0 Å². The summed E-state index contributed by atoms with van der Waals surface area (Å²) < 4.78 is 12.4. The summed E-state index contributed by atoms with van der Waals surface area (Å²) in [6, 6.07) is 15.8. The van der Waals surface area contributed by atoms with E-state index < -0.39 is 0 Å². The first-order chi connectivity index (χ1) is 9.79. The van der Waals surface area contributed by atoms with Gasteiger partial charge in [0, 0.05) is 16.6 Å². The van der Waals surface area contributed by atoms with Gasteiger partial charge in [-0.1, -0.05) is 34.1 Å². The molecule has 0 radical (unpaired) electrons. The topological polar surface area (TPSA) is 30.5 Å². The molecule has 0 spiro atoms. The molecule has 0 aliphatic carbocycles. The first kappa shape index (κ1) is 14.9. The number of halogens is 1. The van der Waals surface area contributed by atoms with Gasteiger partial charge in [-0.25, -0.2) is 0 Å². The molecule has 0 atom stereocenters. The Balaban J connectivity index is 1.79. The Kier molecular flexibility index (Phi) is 5.89. The highest BCUT2D eigenvalue weighted by Gasteiger charge is 2.01. The van der Waals surface area contributed by atoms with Crippen molar-refractivity contribution < 1.29 is 9.47 Å². The summed E-state index contributed by atoms with van der Waals surface area (Å²) in [5.41, 5.74) is 1.15. The third kappa shape index (κ3) is 4.54. The van der Waals surface area contributed by atoms with E-state index >= 15 is 0 Å². The molecule has 2 aromatic rings. The molecule has 106 valence electrons. The van der Waals surface area contributed by atoms with Crippen molar-refractivity contribution in [3.05, 3.63) is 58.6 Å². The fraction of sp³-hybridized carbons (Fsp3) is 0.250. The third-order valence-electron chi connectivity index (χ3n) is 2.76. The maximum Gasteiger partial charge on any atom is 0.123 e. The molecule has 4 heteroatoms. The fourth-order valence-corrected chi connectivity index (χ4v) is 2.09. The van der Waals surface area contributed by atoms with Crippen LogP contribution in [0.4, 0.5) is 0 Å². The highest BCUT2D eigenvalue weighted by atomic mass is 79.9.